The summed E-state index contributed by atoms with van der Waals surface area (Å²) in [4.78, 5) is 1.42. The van der Waals surface area contributed by atoms with E-state index >= 15 is 0 Å². The molecule has 1 rings (SSSR count). The van der Waals surface area contributed by atoms with Crippen molar-refractivity contribution in [2.75, 3.05) is 6.54 Å². The zero-order valence-electron chi connectivity index (χ0n) is 10.1. The third kappa shape index (κ3) is 4.81. The number of thiophene rings is 1. The zero-order valence-corrected chi connectivity index (χ0v) is 12.5. The molecule has 0 bridgehead atoms. The van der Waals surface area contributed by atoms with Gasteiger partial charge in [-0.25, -0.2) is 0 Å². The van der Waals surface area contributed by atoms with Crippen LogP contribution in [-0.2, 0) is 0 Å². The van der Waals surface area contributed by atoms with Gasteiger partial charge in [-0.2, -0.15) is 0 Å². The quantitative estimate of drug-likeness (QED) is 0.706. The average Bonchev–Trinajstić information content (AvgIpc) is 2.64. The van der Waals surface area contributed by atoms with Crippen LogP contribution in [0, 0.1) is 0 Å². The largest absolute Gasteiger partial charge is 0.309 e. The molecule has 0 spiro atoms. The second-order valence-corrected chi connectivity index (χ2v) is 6.03. The third-order valence-corrected chi connectivity index (χ3v) is 4.24. The number of allylic oxidation sites excluding steroid dienone is 1. The van der Waals surface area contributed by atoms with E-state index in [0.717, 1.165) is 19.4 Å². The van der Waals surface area contributed by atoms with Crippen LogP contribution < -0.4 is 5.32 Å². The van der Waals surface area contributed by atoms with Crippen molar-refractivity contribution in [2.45, 2.75) is 39.2 Å². The van der Waals surface area contributed by atoms with E-state index in [2.05, 4.69) is 53.1 Å². The molecule has 0 aliphatic rings. The summed E-state index contributed by atoms with van der Waals surface area (Å²) in [7, 11) is 0. The minimum absolute atomic E-state index is 0.480. The lowest BCUT2D eigenvalue weighted by atomic mass is 10.1. The highest BCUT2D eigenvalue weighted by atomic mass is 79.9. The number of halogens is 1. The van der Waals surface area contributed by atoms with Crippen LogP contribution >= 0.6 is 27.3 Å². The molecule has 0 aromatic carbocycles. The Bertz CT molecular complexity index is 332. The van der Waals surface area contributed by atoms with Crippen molar-refractivity contribution in [1.82, 2.24) is 5.32 Å². The summed E-state index contributed by atoms with van der Waals surface area (Å²) in [5.41, 5.74) is 1.26. The molecule has 1 nitrogen and oxygen atoms in total. The molecule has 0 radical (unpaired) electrons. The first kappa shape index (κ1) is 13.9. The molecule has 3 heteroatoms. The van der Waals surface area contributed by atoms with E-state index < -0.39 is 0 Å². The van der Waals surface area contributed by atoms with Crippen molar-refractivity contribution in [1.29, 1.82) is 0 Å². The minimum Gasteiger partial charge on any atom is -0.309 e. The van der Waals surface area contributed by atoms with Crippen LogP contribution in [0.2, 0.25) is 0 Å². The monoisotopic (exact) mass is 301 g/mol. The molecule has 90 valence electrons. The van der Waals surface area contributed by atoms with Crippen LogP contribution in [-0.4, -0.2) is 6.54 Å². The molecule has 0 aliphatic carbocycles. The highest BCUT2D eigenvalue weighted by Gasteiger charge is 2.12. The van der Waals surface area contributed by atoms with Gasteiger partial charge in [0.2, 0.25) is 0 Å². The van der Waals surface area contributed by atoms with Gasteiger partial charge in [0.25, 0.3) is 0 Å². The van der Waals surface area contributed by atoms with Gasteiger partial charge in [-0.05, 0) is 54.7 Å². The first-order chi connectivity index (χ1) is 7.63. The van der Waals surface area contributed by atoms with Crippen molar-refractivity contribution in [3.8, 4) is 0 Å². The first-order valence-electron chi connectivity index (χ1n) is 5.75. The summed E-state index contributed by atoms with van der Waals surface area (Å²) in [6, 6.07) is 2.70. The second kappa shape index (κ2) is 7.25. The van der Waals surface area contributed by atoms with E-state index in [4.69, 9.17) is 0 Å². The summed E-state index contributed by atoms with van der Waals surface area (Å²) >= 11 is 5.33. The molecule has 16 heavy (non-hydrogen) atoms. The van der Waals surface area contributed by atoms with Gasteiger partial charge in [0, 0.05) is 20.8 Å². The Labute approximate surface area is 111 Å². The summed E-state index contributed by atoms with van der Waals surface area (Å²) in [6.45, 7) is 9.35. The summed E-state index contributed by atoms with van der Waals surface area (Å²) in [5.74, 6) is 0. The maximum Gasteiger partial charge on any atom is 0.0418 e. The SMILES string of the molecule is C=C(C)CCC(NCCC)c1cc(Br)cs1. The van der Waals surface area contributed by atoms with E-state index in [-0.39, 0.29) is 0 Å². The van der Waals surface area contributed by atoms with Gasteiger partial charge in [-0.1, -0.05) is 12.5 Å². The van der Waals surface area contributed by atoms with Crippen molar-refractivity contribution < 1.29 is 0 Å². The summed E-state index contributed by atoms with van der Waals surface area (Å²) in [6.07, 6.45) is 3.41. The molecular formula is C13H20BrNS. The average molecular weight is 302 g/mol. The molecule has 1 atom stereocenters. The Kier molecular flexibility index (Phi) is 6.32. The van der Waals surface area contributed by atoms with Crippen LogP contribution in [0.1, 0.15) is 44.0 Å². The predicted octanol–water partition coefficient (Wildman–Crippen LogP) is 4.91. The molecular weight excluding hydrogens is 282 g/mol. The predicted molar refractivity (Wildman–Crippen MR) is 77.1 cm³/mol. The molecule has 0 aliphatic heterocycles. The molecule has 0 fully saturated rings. The Balaban J connectivity index is 2.59. The van der Waals surface area contributed by atoms with Crippen LogP contribution in [0.15, 0.2) is 28.1 Å². The normalized spacial score (nSPS) is 12.7. The Morgan fingerprint density at radius 3 is 2.88 bits per heavy atom. The molecule has 0 saturated carbocycles. The van der Waals surface area contributed by atoms with Gasteiger partial charge in [-0.3, -0.25) is 0 Å². The lowest BCUT2D eigenvalue weighted by molar-refractivity contribution is 0.505. The number of rotatable bonds is 7. The van der Waals surface area contributed by atoms with Gasteiger partial charge in [0.05, 0.1) is 0 Å². The van der Waals surface area contributed by atoms with Crippen molar-refractivity contribution in [3.05, 3.63) is 32.9 Å². The fourth-order valence-electron chi connectivity index (χ4n) is 1.57. The first-order valence-corrected chi connectivity index (χ1v) is 7.42. The van der Waals surface area contributed by atoms with E-state index in [1.54, 1.807) is 0 Å². The Hall–Kier alpha value is -0.120. The fraction of sp³-hybridized carbons (Fsp3) is 0.538. The van der Waals surface area contributed by atoms with Crippen molar-refractivity contribution >= 4 is 27.3 Å². The van der Waals surface area contributed by atoms with Crippen LogP contribution in [0.4, 0.5) is 0 Å². The maximum absolute atomic E-state index is 3.97. The van der Waals surface area contributed by atoms with Gasteiger partial charge in [0.15, 0.2) is 0 Å². The number of nitrogens with one attached hydrogen (secondary N) is 1. The van der Waals surface area contributed by atoms with E-state index in [0.29, 0.717) is 6.04 Å². The van der Waals surface area contributed by atoms with Crippen molar-refractivity contribution in [3.63, 3.8) is 0 Å². The van der Waals surface area contributed by atoms with Gasteiger partial charge in [-0.15, -0.1) is 17.9 Å². The maximum atomic E-state index is 3.97. The van der Waals surface area contributed by atoms with Gasteiger partial charge >= 0.3 is 0 Å². The lowest BCUT2D eigenvalue weighted by Crippen LogP contribution is -2.21. The van der Waals surface area contributed by atoms with E-state index in [1.807, 2.05) is 11.3 Å². The molecule has 0 amide bonds. The molecule has 1 N–H and O–H groups in total. The summed E-state index contributed by atoms with van der Waals surface area (Å²) < 4.78 is 1.19. The van der Waals surface area contributed by atoms with Gasteiger partial charge < -0.3 is 5.32 Å². The van der Waals surface area contributed by atoms with E-state index in [1.165, 1.54) is 21.3 Å². The second-order valence-electron chi connectivity index (χ2n) is 4.17. The van der Waals surface area contributed by atoms with Crippen molar-refractivity contribution in [2.24, 2.45) is 0 Å². The summed E-state index contributed by atoms with van der Waals surface area (Å²) in [5, 5.41) is 5.75. The van der Waals surface area contributed by atoms with Crippen LogP contribution in [0.5, 0.6) is 0 Å². The molecule has 1 unspecified atom stereocenters. The molecule has 1 aromatic rings. The Morgan fingerprint density at radius 1 is 1.62 bits per heavy atom. The molecule has 1 aromatic heterocycles. The number of hydrogen-bond acceptors (Lipinski definition) is 2. The zero-order chi connectivity index (χ0) is 12.0. The number of hydrogen-bond donors (Lipinski definition) is 1. The Morgan fingerprint density at radius 2 is 2.38 bits per heavy atom. The van der Waals surface area contributed by atoms with E-state index in [9.17, 15) is 0 Å². The highest BCUT2D eigenvalue weighted by molar-refractivity contribution is 9.10. The smallest absolute Gasteiger partial charge is 0.0418 e. The lowest BCUT2D eigenvalue weighted by Gasteiger charge is -2.17. The van der Waals surface area contributed by atoms with Crippen LogP contribution in [0.3, 0.4) is 0 Å². The van der Waals surface area contributed by atoms with Gasteiger partial charge in [0.1, 0.15) is 0 Å². The minimum atomic E-state index is 0.480. The standard InChI is InChI=1S/C13H20BrNS/c1-4-7-15-12(6-5-10(2)3)13-8-11(14)9-16-13/h8-9,12,15H,2,4-7H2,1,3H3. The fourth-order valence-corrected chi connectivity index (χ4v) is 3.12. The molecule has 0 saturated heterocycles. The third-order valence-electron chi connectivity index (χ3n) is 2.43. The van der Waals surface area contributed by atoms with Crippen LogP contribution in [0.25, 0.3) is 0 Å². The highest BCUT2D eigenvalue weighted by Crippen LogP contribution is 2.29. The molecule has 1 heterocycles. The topological polar surface area (TPSA) is 12.0 Å².